The van der Waals surface area contributed by atoms with Crippen LogP contribution >= 0.6 is 0 Å². The summed E-state index contributed by atoms with van der Waals surface area (Å²) in [6.45, 7) is 5.53. The molecular weight excluding hydrogens is 338 g/mol. The third-order valence-electron chi connectivity index (χ3n) is 3.86. The van der Waals surface area contributed by atoms with E-state index in [2.05, 4.69) is 10.3 Å². The van der Waals surface area contributed by atoms with Gasteiger partial charge < -0.3 is 5.32 Å². The second kappa shape index (κ2) is 7.65. The molecule has 1 amide bonds. The van der Waals surface area contributed by atoms with E-state index in [1.54, 1.807) is 31.3 Å². The van der Waals surface area contributed by atoms with Crippen LogP contribution in [0, 0.1) is 13.8 Å². The number of nitrogens with one attached hydrogen (secondary N) is 1. The molecule has 1 unspecified atom stereocenters. The van der Waals surface area contributed by atoms with Gasteiger partial charge in [0, 0.05) is 6.20 Å². The third-order valence-corrected chi connectivity index (χ3v) is 5.09. The number of sulfonamides is 1. The van der Waals surface area contributed by atoms with Gasteiger partial charge in [0.15, 0.2) is 0 Å². The lowest BCUT2D eigenvalue weighted by Crippen LogP contribution is -2.48. The van der Waals surface area contributed by atoms with Gasteiger partial charge in [-0.1, -0.05) is 18.2 Å². The second-order valence-corrected chi connectivity index (χ2v) is 7.92. The van der Waals surface area contributed by atoms with E-state index in [4.69, 9.17) is 0 Å². The van der Waals surface area contributed by atoms with Gasteiger partial charge in [0.25, 0.3) is 0 Å². The van der Waals surface area contributed by atoms with Gasteiger partial charge in [0.05, 0.1) is 24.2 Å². The van der Waals surface area contributed by atoms with Crippen LogP contribution in [0.25, 0.3) is 0 Å². The minimum atomic E-state index is -3.63. The SMILES string of the molecule is Cc1ccc(C)c(N(C(C)C(=O)NCc2ccccn2)S(C)(=O)=O)c1. The average Bonchev–Trinajstić information content (AvgIpc) is 2.55. The number of amides is 1. The van der Waals surface area contributed by atoms with Crippen LogP contribution in [0.5, 0.6) is 0 Å². The van der Waals surface area contributed by atoms with Crippen molar-refractivity contribution in [1.82, 2.24) is 10.3 Å². The largest absolute Gasteiger partial charge is 0.349 e. The van der Waals surface area contributed by atoms with Crippen LogP contribution in [0.3, 0.4) is 0 Å². The molecule has 2 aromatic rings. The maximum absolute atomic E-state index is 12.5. The van der Waals surface area contributed by atoms with Crippen molar-refractivity contribution in [2.24, 2.45) is 0 Å². The van der Waals surface area contributed by atoms with Crippen molar-refractivity contribution >= 4 is 21.6 Å². The number of hydrogen-bond donors (Lipinski definition) is 1. The third kappa shape index (κ3) is 4.79. The summed E-state index contributed by atoms with van der Waals surface area (Å²) in [6.07, 6.45) is 2.75. The van der Waals surface area contributed by atoms with Crippen molar-refractivity contribution in [3.05, 3.63) is 59.4 Å². The molecule has 0 fully saturated rings. The van der Waals surface area contributed by atoms with Crippen LogP contribution < -0.4 is 9.62 Å². The van der Waals surface area contributed by atoms with Crippen molar-refractivity contribution < 1.29 is 13.2 Å². The summed E-state index contributed by atoms with van der Waals surface area (Å²) in [5, 5.41) is 2.75. The minimum Gasteiger partial charge on any atom is -0.349 e. The molecule has 0 aliphatic carbocycles. The number of aryl methyl sites for hydroxylation is 2. The fourth-order valence-electron chi connectivity index (χ4n) is 2.57. The predicted molar refractivity (Wildman–Crippen MR) is 98.8 cm³/mol. The highest BCUT2D eigenvalue weighted by atomic mass is 32.2. The Labute approximate surface area is 148 Å². The average molecular weight is 361 g/mol. The Balaban J connectivity index is 2.25. The molecule has 0 aliphatic heterocycles. The minimum absolute atomic E-state index is 0.244. The zero-order valence-corrected chi connectivity index (χ0v) is 15.7. The number of anilines is 1. The standard InChI is InChI=1S/C18H23N3O3S/c1-13-8-9-14(2)17(11-13)21(25(4,23)24)15(3)18(22)20-12-16-7-5-6-10-19-16/h5-11,15H,12H2,1-4H3,(H,20,22). The first kappa shape index (κ1) is 18.9. The Morgan fingerprint density at radius 1 is 1.24 bits per heavy atom. The van der Waals surface area contributed by atoms with Gasteiger partial charge >= 0.3 is 0 Å². The molecule has 1 N–H and O–H groups in total. The van der Waals surface area contributed by atoms with Crippen LogP contribution in [0.15, 0.2) is 42.6 Å². The van der Waals surface area contributed by atoms with Gasteiger partial charge in [0.1, 0.15) is 6.04 Å². The van der Waals surface area contributed by atoms with E-state index in [0.717, 1.165) is 17.4 Å². The van der Waals surface area contributed by atoms with Crippen molar-refractivity contribution in [2.45, 2.75) is 33.4 Å². The molecule has 1 atom stereocenters. The highest BCUT2D eigenvalue weighted by Gasteiger charge is 2.30. The predicted octanol–water partition coefficient (Wildman–Crippen LogP) is 2.17. The highest BCUT2D eigenvalue weighted by Crippen LogP contribution is 2.26. The molecule has 25 heavy (non-hydrogen) atoms. The summed E-state index contributed by atoms with van der Waals surface area (Å²) in [5.74, 6) is -0.378. The Kier molecular flexibility index (Phi) is 5.79. The van der Waals surface area contributed by atoms with E-state index in [1.807, 2.05) is 32.0 Å². The first-order chi connectivity index (χ1) is 11.7. The molecule has 0 aliphatic rings. The summed E-state index contributed by atoms with van der Waals surface area (Å²) < 4.78 is 25.9. The van der Waals surface area contributed by atoms with Crippen LogP contribution in [0.4, 0.5) is 5.69 Å². The number of carbonyl (C=O) groups excluding carboxylic acids is 1. The van der Waals surface area contributed by atoms with Gasteiger partial charge in [-0.2, -0.15) is 0 Å². The smallest absolute Gasteiger partial charge is 0.243 e. The molecule has 0 spiro atoms. The molecule has 0 radical (unpaired) electrons. The molecule has 0 saturated heterocycles. The molecule has 0 saturated carbocycles. The summed E-state index contributed by atoms with van der Waals surface area (Å²) in [5.41, 5.74) is 2.94. The van der Waals surface area contributed by atoms with Gasteiger partial charge in [-0.05, 0) is 50.1 Å². The van der Waals surface area contributed by atoms with Gasteiger partial charge in [-0.3, -0.25) is 14.1 Å². The molecule has 134 valence electrons. The number of nitrogens with zero attached hydrogens (tertiary/aromatic N) is 2. The number of benzene rings is 1. The van der Waals surface area contributed by atoms with Crippen molar-refractivity contribution in [2.75, 3.05) is 10.6 Å². The topological polar surface area (TPSA) is 79.4 Å². The molecule has 2 rings (SSSR count). The van der Waals surface area contributed by atoms with Gasteiger partial charge in [-0.15, -0.1) is 0 Å². The van der Waals surface area contributed by atoms with E-state index in [1.165, 1.54) is 4.31 Å². The molecule has 7 heteroatoms. The number of aromatic nitrogens is 1. The molecule has 1 aromatic carbocycles. The molecule has 6 nitrogen and oxygen atoms in total. The normalized spacial score (nSPS) is 12.5. The fourth-order valence-corrected chi connectivity index (χ4v) is 3.79. The van der Waals surface area contributed by atoms with Crippen molar-refractivity contribution in [3.8, 4) is 0 Å². The Bertz CT molecular complexity index is 851. The first-order valence-corrected chi connectivity index (χ1v) is 9.79. The molecule has 1 aromatic heterocycles. The summed E-state index contributed by atoms with van der Waals surface area (Å²) in [4.78, 5) is 16.7. The van der Waals surface area contributed by atoms with Gasteiger partial charge in [0.2, 0.25) is 15.9 Å². The second-order valence-electron chi connectivity index (χ2n) is 6.06. The zero-order valence-electron chi connectivity index (χ0n) is 14.9. The highest BCUT2D eigenvalue weighted by molar-refractivity contribution is 7.92. The van der Waals surface area contributed by atoms with Crippen molar-refractivity contribution in [1.29, 1.82) is 0 Å². The van der Waals surface area contributed by atoms with E-state index < -0.39 is 16.1 Å². The first-order valence-electron chi connectivity index (χ1n) is 7.94. The van der Waals surface area contributed by atoms with E-state index >= 15 is 0 Å². The lowest BCUT2D eigenvalue weighted by atomic mass is 10.1. The van der Waals surface area contributed by atoms with E-state index in [9.17, 15) is 13.2 Å². The van der Waals surface area contributed by atoms with Crippen LogP contribution in [-0.4, -0.2) is 31.6 Å². The van der Waals surface area contributed by atoms with Crippen LogP contribution in [0.2, 0.25) is 0 Å². The number of rotatable bonds is 6. The number of hydrogen-bond acceptors (Lipinski definition) is 4. The Morgan fingerprint density at radius 2 is 1.96 bits per heavy atom. The maximum Gasteiger partial charge on any atom is 0.243 e. The lowest BCUT2D eigenvalue weighted by molar-refractivity contribution is -0.122. The van der Waals surface area contributed by atoms with Gasteiger partial charge in [-0.25, -0.2) is 8.42 Å². The Hall–Kier alpha value is -2.41. The zero-order chi connectivity index (χ0) is 18.6. The van der Waals surface area contributed by atoms with Crippen molar-refractivity contribution in [3.63, 3.8) is 0 Å². The van der Waals surface area contributed by atoms with Crippen LogP contribution in [-0.2, 0) is 21.4 Å². The monoisotopic (exact) mass is 361 g/mol. The number of pyridine rings is 1. The molecule has 0 bridgehead atoms. The molecule has 1 heterocycles. The summed E-state index contributed by atoms with van der Waals surface area (Å²) >= 11 is 0. The lowest BCUT2D eigenvalue weighted by Gasteiger charge is -2.29. The number of carbonyl (C=O) groups is 1. The van der Waals surface area contributed by atoms with Crippen LogP contribution in [0.1, 0.15) is 23.7 Å². The summed E-state index contributed by atoms with van der Waals surface area (Å²) in [6, 6.07) is 10.1. The Morgan fingerprint density at radius 3 is 2.56 bits per heavy atom. The van der Waals surface area contributed by atoms with E-state index in [0.29, 0.717) is 11.4 Å². The molecular formula is C18H23N3O3S. The quantitative estimate of drug-likeness (QED) is 0.855. The maximum atomic E-state index is 12.5. The van der Waals surface area contributed by atoms with E-state index in [-0.39, 0.29) is 12.5 Å². The summed E-state index contributed by atoms with van der Waals surface area (Å²) in [7, 11) is -3.63. The fraction of sp³-hybridized carbons (Fsp3) is 0.333.